The van der Waals surface area contributed by atoms with E-state index in [1.54, 1.807) is 12.1 Å². The maximum Gasteiger partial charge on any atom is 0.195 e. The number of rotatable bonds is 6. The molecule has 2 fully saturated rings. The summed E-state index contributed by atoms with van der Waals surface area (Å²) in [5.41, 5.74) is -0.0595. The number of Topliss-reactive ketones (excluding diaryl/α,β-unsaturated/α-hetero) is 2. The van der Waals surface area contributed by atoms with Gasteiger partial charge in [0.1, 0.15) is 11.2 Å². The summed E-state index contributed by atoms with van der Waals surface area (Å²) in [6.45, 7) is 3.66. The molecule has 0 aliphatic heterocycles. The molecule has 6 atom stereocenters. The Bertz CT molecular complexity index is 1870. The molecule has 2 N–H and O–H groups in total. The average molecular weight is 733 g/mol. The SMILES string of the molecule is C[C@@]12CCC[C@@H](C(=O)SCc3ccccc3)[C@]1(O)c1ccccc1C2=O.C[C@@]12CCC[C@@H](C(=O)SCc3ccccc3)[C@]1(O)c1ccccc1C2=O. The van der Waals surface area contributed by atoms with Crippen LogP contribution < -0.4 is 0 Å². The molecule has 4 aromatic carbocycles. The van der Waals surface area contributed by atoms with Gasteiger partial charge in [-0.3, -0.25) is 19.2 Å². The summed E-state index contributed by atoms with van der Waals surface area (Å²) in [7, 11) is 0. The van der Waals surface area contributed by atoms with E-state index in [4.69, 9.17) is 0 Å². The van der Waals surface area contributed by atoms with Crippen LogP contribution in [0.4, 0.5) is 0 Å². The van der Waals surface area contributed by atoms with Crippen LogP contribution in [0.1, 0.15) is 95.3 Å². The highest BCUT2D eigenvalue weighted by Gasteiger charge is 2.67. The largest absolute Gasteiger partial charge is 0.383 e. The molecule has 2 saturated carbocycles. The van der Waals surface area contributed by atoms with Gasteiger partial charge in [0.15, 0.2) is 21.8 Å². The van der Waals surface area contributed by atoms with Crippen molar-refractivity contribution < 1.29 is 29.4 Å². The molecule has 4 aliphatic carbocycles. The number of aliphatic hydroxyl groups is 2. The molecular formula is C44H44O6S2. The monoisotopic (exact) mass is 732 g/mol. The highest BCUT2D eigenvalue weighted by Crippen LogP contribution is 2.62. The molecule has 0 heterocycles. The Morgan fingerprint density at radius 3 is 1.31 bits per heavy atom. The fourth-order valence-electron chi connectivity index (χ4n) is 9.29. The number of thioether (sulfide) groups is 2. The van der Waals surface area contributed by atoms with Crippen LogP contribution in [0.15, 0.2) is 109 Å². The Balaban J connectivity index is 0.000000162. The van der Waals surface area contributed by atoms with E-state index in [1.165, 1.54) is 23.5 Å². The summed E-state index contributed by atoms with van der Waals surface area (Å²) in [5, 5.41) is 23.5. The normalized spacial score (nSPS) is 29.9. The first-order chi connectivity index (χ1) is 25.0. The van der Waals surface area contributed by atoms with E-state index < -0.39 is 33.9 Å². The van der Waals surface area contributed by atoms with Crippen molar-refractivity contribution in [1.29, 1.82) is 0 Å². The number of benzene rings is 4. The third-order valence-electron chi connectivity index (χ3n) is 12.2. The maximum absolute atomic E-state index is 13.1. The summed E-state index contributed by atoms with van der Waals surface area (Å²) < 4.78 is 0. The molecule has 0 aromatic heterocycles. The molecule has 0 bridgehead atoms. The standard InChI is InChI=1S/2C22H22O3S/c2*1-21-13-7-12-18(20(24)26-14-15-8-3-2-4-9-15)22(21,25)17-11-6-5-10-16(17)19(21)23/h2*2-6,8-11,18,25H,7,12-14H2,1H3/t2*18-,21-,22+/m00/s1. The lowest BCUT2D eigenvalue weighted by Gasteiger charge is -2.47. The zero-order chi connectivity index (χ0) is 36.7. The Kier molecular flexibility index (Phi) is 9.98. The molecule has 8 rings (SSSR count). The van der Waals surface area contributed by atoms with Crippen LogP contribution in [-0.4, -0.2) is 32.0 Å². The number of hydrogen-bond donors (Lipinski definition) is 2. The van der Waals surface area contributed by atoms with Crippen molar-refractivity contribution >= 4 is 45.3 Å². The Morgan fingerprint density at radius 1 is 0.577 bits per heavy atom. The van der Waals surface area contributed by atoms with Crippen LogP contribution in [0.2, 0.25) is 0 Å². The van der Waals surface area contributed by atoms with Crippen molar-refractivity contribution in [2.75, 3.05) is 0 Å². The van der Waals surface area contributed by atoms with Crippen LogP contribution in [0.3, 0.4) is 0 Å². The van der Waals surface area contributed by atoms with E-state index in [0.29, 0.717) is 59.4 Å². The van der Waals surface area contributed by atoms with Crippen molar-refractivity contribution in [2.24, 2.45) is 22.7 Å². The second kappa shape index (κ2) is 14.2. The van der Waals surface area contributed by atoms with Gasteiger partial charge in [-0.25, -0.2) is 0 Å². The summed E-state index contributed by atoms with van der Waals surface area (Å²) in [4.78, 5) is 52.2. The van der Waals surface area contributed by atoms with E-state index in [-0.39, 0.29) is 21.8 Å². The van der Waals surface area contributed by atoms with Crippen LogP contribution >= 0.6 is 23.5 Å². The van der Waals surface area contributed by atoms with Crippen molar-refractivity contribution in [1.82, 2.24) is 0 Å². The number of ketones is 2. The lowest BCUT2D eigenvalue weighted by atomic mass is 9.59. The van der Waals surface area contributed by atoms with Gasteiger partial charge in [-0.05, 0) is 61.8 Å². The van der Waals surface area contributed by atoms with Gasteiger partial charge < -0.3 is 10.2 Å². The minimum Gasteiger partial charge on any atom is -0.383 e. The zero-order valence-electron chi connectivity index (χ0n) is 29.5. The quantitative estimate of drug-likeness (QED) is 0.203. The van der Waals surface area contributed by atoms with Gasteiger partial charge >= 0.3 is 0 Å². The van der Waals surface area contributed by atoms with Gasteiger partial charge in [-0.1, -0.05) is 146 Å². The molecule has 0 amide bonds. The molecule has 0 unspecified atom stereocenters. The van der Waals surface area contributed by atoms with E-state index in [9.17, 15) is 29.4 Å². The first kappa shape index (κ1) is 36.5. The zero-order valence-corrected chi connectivity index (χ0v) is 31.2. The van der Waals surface area contributed by atoms with Crippen LogP contribution in [0, 0.1) is 22.7 Å². The number of carbonyl (C=O) groups excluding carboxylic acids is 4. The second-order valence-electron chi connectivity index (χ2n) is 15.0. The molecule has 52 heavy (non-hydrogen) atoms. The Labute approximate surface area is 313 Å². The lowest BCUT2D eigenvalue weighted by Crippen LogP contribution is -2.53. The fourth-order valence-corrected chi connectivity index (χ4v) is 11.3. The Hall–Kier alpha value is -3.82. The number of carbonyl (C=O) groups is 4. The number of fused-ring (bicyclic) bond motifs is 6. The predicted octanol–water partition coefficient (Wildman–Crippen LogP) is 8.67. The van der Waals surface area contributed by atoms with Gasteiger partial charge in [0.25, 0.3) is 0 Å². The maximum atomic E-state index is 13.1. The van der Waals surface area contributed by atoms with Crippen molar-refractivity contribution in [3.8, 4) is 0 Å². The van der Waals surface area contributed by atoms with Crippen LogP contribution in [0.25, 0.3) is 0 Å². The average Bonchev–Trinajstić information content (AvgIpc) is 3.47. The Morgan fingerprint density at radius 2 is 0.923 bits per heavy atom. The molecule has 4 aromatic rings. The summed E-state index contributed by atoms with van der Waals surface area (Å²) in [6, 6.07) is 34.2. The second-order valence-corrected chi connectivity index (χ2v) is 17.0. The van der Waals surface area contributed by atoms with Crippen LogP contribution in [-0.2, 0) is 32.3 Å². The number of hydrogen-bond acceptors (Lipinski definition) is 8. The first-order valence-electron chi connectivity index (χ1n) is 18.1. The minimum atomic E-state index is -1.40. The highest BCUT2D eigenvalue weighted by molar-refractivity contribution is 8.13. The third kappa shape index (κ3) is 5.74. The van der Waals surface area contributed by atoms with Crippen molar-refractivity contribution in [3.63, 3.8) is 0 Å². The molecule has 0 radical (unpaired) electrons. The van der Waals surface area contributed by atoms with Gasteiger partial charge in [0.2, 0.25) is 0 Å². The topological polar surface area (TPSA) is 109 Å². The van der Waals surface area contributed by atoms with Gasteiger partial charge in [0.05, 0.1) is 22.7 Å². The van der Waals surface area contributed by atoms with Gasteiger partial charge in [-0.15, -0.1) is 0 Å². The van der Waals surface area contributed by atoms with Crippen molar-refractivity contribution in [3.05, 3.63) is 143 Å². The van der Waals surface area contributed by atoms with E-state index in [0.717, 1.165) is 24.0 Å². The molecular weight excluding hydrogens is 689 g/mol. The molecule has 0 spiro atoms. The summed E-state index contributed by atoms with van der Waals surface area (Å²) >= 11 is 2.50. The van der Waals surface area contributed by atoms with Crippen molar-refractivity contribution in [2.45, 2.75) is 75.1 Å². The highest BCUT2D eigenvalue weighted by atomic mass is 32.2. The summed E-state index contributed by atoms with van der Waals surface area (Å²) in [5.74, 6) is 0.00404. The first-order valence-corrected chi connectivity index (χ1v) is 20.1. The van der Waals surface area contributed by atoms with Gasteiger partial charge in [-0.2, -0.15) is 0 Å². The minimum absolute atomic E-state index is 0.0215. The molecule has 6 nitrogen and oxygen atoms in total. The lowest BCUT2D eigenvalue weighted by molar-refractivity contribution is -0.147. The third-order valence-corrected chi connectivity index (χ3v) is 14.3. The molecule has 268 valence electrons. The van der Waals surface area contributed by atoms with E-state index >= 15 is 0 Å². The summed E-state index contributed by atoms with van der Waals surface area (Å²) in [6.07, 6.45) is 4.03. The van der Waals surface area contributed by atoms with Gasteiger partial charge in [0, 0.05) is 22.6 Å². The predicted molar refractivity (Wildman–Crippen MR) is 206 cm³/mol. The molecule has 0 saturated heterocycles. The van der Waals surface area contributed by atoms with E-state index in [2.05, 4.69) is 0 Å². The smallest absolute Gasteiger partial charge is 0.195 e. The molecule has 4 aliphatic rings. The van der Waals surface area contributed by atoms with Crippen LogP contribution in [0.5, 0.6) is 0 Å². The molecule has 8 heteroatoms. The fraction of sp³-hybridized carbons (Fsp3) is 0.364. The van der Waals surface area contributed by atoms with E-state index in [1.807, 2.05) is 111 Å².